The van der Waals surface area contributed by atoms with Crippen molar-refractivity contribution in [2.75, 3.05) is 23.3 Å². The molecule has 9 nitrogen and oxygen atoms in total. The number of hydrogen-bond donors (Lipinski definition) is 2. The highest BCUT2D eigenvalue weighted by atomic mass is 32.2. The number of nitrogens with two attached hydrogens (primary N) is 1. The number of nitrogens with one attached hydrogen (secondary N) is 1. The van der Waals surface area contributed by atoms with Gasteiger partial charge in [-0.25, -0.2) is 18.5 Å². The maximum Gasteiger partial charge on any atom is 0.238 e. The van der Waals surface area contributed by atoms with Crippen LogP contribution in [0.15, 0.2) is 33.6 Å². The molecule has 4 rings (SSSR count). The third-order valence-electron chi connectivity index (χ3n) is 5.66. The predicted octanol–water partition coefficient (Wildman–Crippen LogP) is 2.65. The fourth-order valence-corrected chi connectivity index (χ4v) is 4.43. The van der Waals surface area contributed by atoms with Crippen molar-refractivity contribution in [2.24, 2.45) is 11.1 Å². The fraction of sp³-hybridized carbons (Fsp3) is 0.381. The molecule has 0 spiro atoms. The monoisotopic (exact) mass is 443 g/mol. The van der Waals surface area contributed by atoms with E-state index in [1.54, 1.807) is 0 Å². The lowest BCUT2D eigenvalue weighted by molar-refractivity contribution is -0.120. The largest absolute Gasteiger partial charge is 0.443 e. The van der Waals surface area contributed by atoms with Crippen LogP contribution in [0.4, 0.5) is 11.5 Å². The number of sulfonamides is 1. The molecule has 164 valence electrons. The minimum absolute atomic E-state index is 0.00302. The van der Waals surface area contributed by atoms with E-state index in [0.717, 1.165) is 41.9 Å². The number of furan rings is 1. The summed E-state index contributed by atoms with van der Waals surface area (Å²) in [4.78, 5) is 24.1. The zero-order chi connectivity index (χ0) is 22.3. The maximum atomic E-state index is 12.9. The average Bonchev–Trinajstić information content (AvgIpc) is 3.00. The van der Waals surface area contributed by atoms with E-state index in [4.69, 9.17) is 9.56 Å². The molecule has 3 N–H and O–H groups in total. The number of carbonyl (C=O) groups is 1. The molecule has 2 aromatic heterocycles. The van der Waals surface area contributed by atoms with Gasteiger partial charge < -0.3 is 14.6 Å². The zero-order valence-electron chi connectivity index (χ0n) is 17.7. The Morgan fingerprint density at radius 1 is 1.19 bits per heavy atom. The zero-order valence-corrected chi connectivity index (χ0v) is 18.5. The molecular weight excluding hydrogens is 418 g/mol. The van der Waals surface area contributed by atoms with Crippen LogP contribution in [0.5, 0.6) is 0 Å². The van der Waals surface area contributed by atoms with Gasteiger partial charge in [0.2, 0.25) is 21.6 Å². The van der Waals surface area contributed by atoms with E-state index in [9.17, 15) is 13.2 Å². The summed E-state index contributed by atoms with van der Waals surface area (Å²) < 4.78 is 28.6. The first kappa shape index (κ1) is 21.3. The van der Waals surface area contributed by atoms with E-state index < -0.39 is 10.0 Å². The minimum Gasteiger partial charge on any atom is -0.443 e. The summed E-state index contributed by atoms with van der Waals surface area (Å²) in [6, 6.07) is 5.82. The van der Waals surface area contributed by atoms with Gasteiger partial charge >= 0.3 is 0 Å². The number of anilines is 2. The molecule has 1 aliphatic heterocycles. The van der Waals surface area contributed by atoms with Crippen LogP contribution in [0, 0.1) is 26.7 Å². The molecule has 1 aliphatic rings. The van der Waals surface area contributed by atoms with E-state index in [1.165, 1.54) is 24.3 Å². The molecule has 1 unspecified atom stereocenters. The van der Waals surface area contributed by atoms with Gasteiger partial charge in [0.1, 0.15) is 17.4 Å². The highest BCUT2D eigenvalue weighted by Crippen LogP contribution is 2.33. The first-order valence-electron chi connectivity index (χ1n) is 10.1. The summed E-state index contributed by atoms with van der Waals surface area (Å²) in [6.45, 7) is 7.04. The molecule has 1 atom stereocenters. The maximum absolute atomic E-state index is 12.9. The second kappa shape index (κ2) is 7.93. The van der Waals surface area contributed by atoms with Gasteiger partial charge in [0, 0.05) is 24.3 Å². The lowest BCUT2D eigenvalue weighted by Crippen LogP contribution is -2.41. The molecule has 3 heterocycles. The Balaban J connectivity index is 1.54. The van der Waals surface area contributed by atoms with Crippen molar-refractivity contribution in [3.05, 3.63) is 41.4 Å². The number of hydrogen-bond acceptors (Lipinski definition) is 7. The second-order valence-electron chi connectivity index (χ2n) is 7.90. The van der Waals surface area contributed by atoms with Crippen molar-refractivity contribution < 1.29 is 17.6 Å². The van der Waals surface area contributed by atoms with Gasteiger partial charge in [0.15, 0.2) is 0 Å². The predicted molar refractivity (Wildman–Crippen MR) is 117 cm³/mol. The van der Waals surface area contributed by atoms with Crippen LogP contribution in [0.2, 0.25) is 0 Å². The fourth-order valence-electron chi connectivity index (χ4n) is 3.92. The Hall–Kier alpha value is -2.98. The van der Waals surface area contributed by atoms with Gasteiger partial charge in [0.25, 0.3) is 0 Å². The summed E-state index contributed by atoms with van der Waals surface area (Å²) >= 11 is 0. The van der Waals surface area contributed by atoms with Crippen LogP contribution >= 0.6 is 0 Å². The molecule has 0 aliphatic carbocycles. The van der Waals surface area contributed by atoms with Crippen molar-refractivity contribution in [1.29, 1.82) is 0 Å². The number of aryl methyl sites for hydroxylation is 3. The topological polar surface area (TPSA) is 131 Å². The number of rotatable bonds is 4. The number of fused-ring (bicyclic) bond motifs is 1. The standard InChI is InChI=1S/C21H25N5O4S/c1-12-13(2)30-21-18(12)19(23-14(3)24-21)26-10-4-5-15(11-26)20(27)25-16-6-8-17(9-7-16)31(22,28)29/h6-9,15H,4-5,10-11H2,1-3H3,(H,25,27)(H2,22,28,29). The summed E-state index contributed by atoms with van der Waals surface area (Å²) in [5.41, 5.74) is 2.10. The van der Waals surface area contributed by atoms with Crippen molar-refractivity contribution in [1.82, 2.24) is 9.97 Å². The summed E-state index contributed by atoms with van der Waals surface area (Å²) in [5.74, 6) is 1.88. The molecule has 1 aromatic carbocycles. The Kier molecular flexibility index (Phi) is 5.44. The lowest BCUT2D eigenvalue weighted by atomic mass is 9.96. The number of aromatic nitrogens is 2. The molecular formula is C21H25N5O4S. The van der Waals surface area contributed by atoms with E-state index in [1.807, 2.05) is 20.8 Å². The van der Waals surface area contributed by atoms with Gasteiger partial charge in [-0.3, -0.25) is 4.79 Å². The Morgan fingerprint density at radius 2 is 1.90 bits per heavy atom. The van der Waals surface area contributed by atoms with E-state index in [2.05, 4.69) is 20.2 Å². The van der Waals surface area contributed by atoms with Crippen LogP contribution in [0.3, 0.4) is 0 Å². The number of primary sulfonamides is 1. The minimum atomic E-state index is -3.77. The molecule has 31 heavy (non-hydrogen) atoms. The number of amides is 1. The van der Waals surface area contributed by atoms with Crippen molar-refractivity contribution >= 4 is 38.5 Å². The van der Waals surface area contributed by atoms with Crippen molar-refractivity contribution in [3.8, 4) is 0 Å². The van der Waals surface area contributed by atoms with Gasteiger partial charge in [-0.1, -0.05) is 0 Å². The van der Waals surface area contributed by atoms with Crippen LogP contribution < -0.4 is 15.4 Å². The van der Waals surface area contributed by atoms with Gasteiger partial charge in [-0.05, 0) is 57.9 Å². The Labute approximate surface area is 180 Å². The first-order chi connectivity index (χ1) is 14.6. The van der Waals surface area contributed by atoms with E-state index >= 15 is 0 Å². The van der Waals surface area contributed by atoms with E-state index in [-0.39, 0.29) is 16.7 Å². The molecule has 3 aromatic rings. The molecule has 1 amide bonds. The molecule has 0 bridgehead atoms. The molecule has 1 saturated heterocycles. The second-order valence-corrected chi connectivity index (χ2v) is 9.46. The first-order valence-corrected chi connectivity index (χ1v) is 11.6. The quantitative estimate of drug-likeness (QED) is 0.633. The Bertz CT molecular complexity index is 1250. The smallest absolute Gasteiger partial charge is 0.238 e. The van der Waals surface area contributed by atoms with Gasteiger partial charge in [0.05, 0.1) is 16.2 Å². The molecule has 1 fully saturated rings. The average molecular weight is 444 g/mol. The number of piperidine rings is 1. The number of benzene rings is 1. The summed E-state index contributed by atoms with van der Waals surface area (Å²) in [6.07, 6.45) is 1.61. The summed E-state index contributed by atoms with van der Waals surface area (Å²) in [5, 5.41) is 8.89. The summed E-state index contributed by atoms with van der Waals surface area (Å²) in [7, 11) is -3.77. The SMILES string of the molecule is Cc1nc(N2CCCC(C(=O)Nc3ccc(S(N)(=O)=O)cc3)C2)c2c(C)c(C)oc2n1. The van der Waals surface area contributed by atoms with Crippen LogP contribution in [-0.4, -0.2) is 37.4 Å². The lowest BCUT2D eigenvalue weighted by Gasteiger charge is -2.33. The molecule has 10 heteroatoms. The highest BCUT2D eigenvalue weighted by Gasteiger charge is 2.29. The number of carbonyl (C=O) groups excluding carboxylic acids is 1. The molecule has 0 saturated carbocycles. The Morgan fingerprint density at radius 3 is 2.58 bits per heavy atom. The normalized spacial score (nSPS) is 17.2. The van der Waals surface area contributed by atoms with Crippen molar-refractivity contribution in [3.63, 3.8) is 0 Å². The van der Waals surface area contributed by atoms with Crippen LogP contribution in [0.1, 0.15) is 30.0 Å². The number of nitrogens with zero attached hydrogens (tertiary/aromatic N) is 3. The third-order valence-corrected chi connectivity index (χ3v) is 6.59. The van der Waals surface area contributed by atoms with E-state index in [0.29, 0.717) is 23.8 Å². The van der Waals surface area contributed by atoms with Crippen molar-refractivity contribution in [2.45, 2.75) is 38.5 Å². The third kappa shape index (κ3) is 4.26. The van der Waals surface area contributed by atoms with Gasteiger partial charge in [-0.2, -0.15) is 4.98 Å². The van der Waals surface area contributed by atoms with Crippen LogP contribution in [0.25, 0.3) is 11.1 Å². The highest BCUT2D eigenvalue weighted by molar-refractivity contribution is 7.89. The van der Waals surface area contributed by atoms with Crippen LogP contribution in [-0.2, 0) is 14.8 Å². The van der Waals surface area contributed by atoms with Gasteiger partial charge in [-0.15, -0.1) is 0 Å². The molecule has 0 radical (unpaired) electrons.